The van der Waals surface area contributed by atoms with Crippen LogP contribution in [0.25, 0.3) is 21.3 Å². The first-order valence-corrected chi connectivity index (χ1v) is 11.4. The standard InChI is InChI=1S/C23H27FN6OS/c1-13-8-16(6-7-26-13)27-11-17(10-25)29-23-28-12-20-22(30-23)21(14(2)32-20)18-5-4-15(24)9-19(18)31-3/h4-5,9-13,16,26H,6-8,25H2,1-3H3,(H,28,29,30). The number of thiophene rings is 1. The predicted octanol–water partition coefficient (Wildman–Crippen LogP) is 4.24. The van der Waals surface area contributed by atoms with Crippen molar-refractivity contribution in [1.29, 1.82) is 0 Å². The van der Waals surface area contributed by atoms with Crippen LogP contribution in [0.15, 0.2) is 41.3 Å². The number of piperidine rings is 1. The van der Waals surface area contributed by atoms with Gasteiger partial charge >= 0.3 is 0 Å². The maximum absolute atomic E-state index is 13.7. The number of fused-ring (bicyclic) bond motifs is 1. The van der Waals surface area contributed by atoms with Gasteiger partial charge in [-0.1, -0.05) is 0 Å². The average Bonchev–Trinajstić information content (AvgIpc) is 3.11. The second-order valence-electron chi connectivity index (χ2n) is 7.84. The van der Waals surface area contributed by atoms with Gasteiger partial charge in [-0.2, -0.15) is 0 Å². The van der Waals surface area contributed by atoms with E-state index in [1.165, 1.54) is 25.4 Å². The number of aliphatic imine (C=N–C) groups is 1. The van der Waals surface area contributed by atoms with E-state index >= 15 is 0 Å². The zero-order valence-corrected chi connectivity index (χ0v) is 19.2. The van der Waals surface area contributed by atoms with Crippen LogP contribution in [0.1, 0.15) is 24.6 Å². The van der Waals surface area contributed by atoms with E-state index in [0.717, 1.165) is 45.6 Å². The Morgan fingerprint density at radius 2 is 2.28 bits per heavy atom. The number of nitrogens with zero attached hydrogens (tertiary/aromatic N) is 3. The molecule has 0 saturated carbocycles. The third kappa shape index (κ3) is 4.73. The molecule has 0 bridgehead atoms. The van der Waals surface area contributed by atoms with Crippen molar-refractivity contribution in [2.45, 2.75) is 38.8 Å². The van der Waals surface area contributed by atoms with Crippen LogP contribution in [0.5, 0.6) is 5.75 Å². The van der Waals surface area contributed by atoms with Gasteiger partial charge in [-0.25, -0.2) is 14.4 Å². The normalized spacial score (nSPS) is 19.6. The van der Waals surface area contributed by atoms with Gasteiger partial charge in [0.2, 0.25) is 5.95 Å². The molecule has 9 heteroatoms. The zero-order chi connectivity index (χ0) is 22.7. The van der Waals surface area contributed by atoms with Gasteiger partial charge in [0.05, 0.1) is 35.3 Å². The third-order valence-corrected chi connectivity index (χ3v) is 6.53. The van der Waals surface area contributed by atoms with E-state index in [4.69, 9.17) is 15.5 Å². The number of aromatic nitrogens is 2. The Balaban J connectivity index is 1.63. The van der Waals surface area contributed by atoms with E-state index in [0.29, 0.717) is 23.4 Å². The van der Waals surface area contributed by atoms with Gasteiger partial charge in [0, 0.05) is 40.5 Å². The Morgan fingerprint density at radius 1 is 1.44 bits per heavy atom. The van der Waals surface area contributed by atoms with Gasteiger partial charge in [0.25, 0.3) is 0 Å². The molecule has 0 amide bonds. The molecule has 2 atom stereocenters. The number of allylic oxidation sites excluding steroid dienone is 1. The van der Waals surface area contributed by atoms with Crippen molar-refractivity contribution in [3.8, 4) is 16.9 Å². The summed E-state index contributed by atoms with van der Waals surface area (Å²) in [6.45, 7) is 5.14. The molecule has 1 aliphatic rings. The summed E-state index contributed by atoms with van der Waals surface area (Å²) in [6.07, 6.45) is 6.98. The molecule has 0 spiro atoms. The highest BCUT2D eigenvalue weighted by molar-refractivity contribution is 7.19. The molecule has 4 N–H and O–H groups in total. The summed E-state index contributed by atoms with van der Waals surface area (Å²) in [5.74, 6) is 0.533. The minimum Gasteiger partial charge on any atom is -0.496 e. The molecular formula is C23H27FN6OS. The summed E-state index contributed by atoms with van der Waals surface area (Å²) in [5.41, 5.74) is 8.92. The minimum absolute atomic E-state index is 0.267. The highest BCUT2D eigenvalue weighted by Crippen LogP contribution is 2.41. The molecule has 3 heterocycles. The summed E-state index contributed by atoms with van der Waals surface area (Å²) in [6, 6.07) is 5.25. The molecule has 0 aliphatic carbocycles. The molecule has 4 rings (SSSR count). The van der Waals surface area contributed by atoms with E-state index in [9.17, 15) is 4.39 Å². The number of hydrogen-bond acceptors (Lipinski definition) is 8. The van der Waals surface area contributed by atoms with Crippen molar-refractivity contribution in [2.24, 2.45) is 10.7 Å². The lowest BCUT2D eigenvalue weighted by Crippen LogP contribution is -2.37. The number of halogens is 1. The van der Waals surface area contributed by atoms with E-state index in [2.05, 4.69) is 27.5 Å². The first kappa shape index (κ1) is 22.2. The van der Waals surface area contributed by atoms with Gasteiger partial charge in [-0.05, 0) is 45.4 Å². The Labute approximate surface area is 190 Å². The molecule has 7 nitrogen and oxygen atoms in total. The molecule has 0 radical (unpaired) electrons. The van der Waals surface area contributed by atoms with Crippen LogP contribution in [0.4, 0.5) is 10.3 Å². The van der Waals surface area contributed by atoms with Crippen LogP contribution < -0.4 is 21.1 Å². The van der Waals surface area contributed by atoms with Gasteiger partial charge in [-0.3, -0.25) is 4.99 Å². The van der Waals surface area contributed by atoms with Crippen molar-refractivity contribution >= 4 is 33.7 Å². The molecule has 168 valence electrons. The van der Waals surface area contributed by atoms with E-state index in [1.807, 2.05) is 6.92 Å². The molecule has 1 aromatic carbocycles. The van der Waals surface area contributed by atoms with E-state index < -0.39 is 0 Å². The maximum atomic E-state index is 13.7. The summed E-state index contributed by atoms with van der Waals surface area (Å²) in [4.78, 5) is 14.9. The van der Waals surface area contributed by atoms with Crippen molar-refractivity contribution < 1.29 is 9.13 Å². The lowest BCUT2D eigenvalue weighted by Gasteiger charge is -2.25. The van der Waals surface area contributed by atoms with Crippen LogP contribution in [0.3, 0.4) is 0 Å². The van der Waals surface area contributed by atoms with Crippen LogP contribution in [-0.4, -0.2) is 41.9 Å². The van der Waals surface area contributed by atoms with Crippen LogP contribution in [-0.2, 0) is 0 Å². The smallest absolute Gasteiger partial charge is 0.227 e. The number of benzene rings is 1. The Kier molecular flexibility index (Phi) is 6.66. The number of anilines is 1. The van der Waals surface area contributed by atoms with Crippen molar-refractivity contribution in [3.63, 3.8) is 0 Å². The van der Waals surface area contributed by atoms with E-state index in [1.54, 1.807) is 29.8 Å². The summed E-state index contributed by atoms with van der Waals surface area (Å²) >= 11 is 1.59. The number of aryl methyl sites for hydroxylation is 1. The van der Waals surface area contributed by atoms with Gasteiger partial charge in [-0.15, -0.1) is 11.3 Å². The lowest BCUT2D eigenvalue weighted by atomic mass is 10.0. The maximum Gasteiger partial charge on any atom is 0.227 e. The Hall–Kier alpha value is -3.04. The minimum atomic E-state index is -0.347. The highest BCUT2D eigenvalue weighted by atomic mass is 32.1. The lowest BCUT2D eigenvalue weighted by molar-refractivity contribution is 0.383. The number of nitrogens with one attached hydrogen (secondary N) is 2. The predicted molar refractivity (Wildman–Crippen MR) is 129 cm³/mol. The summed E-state index contributed by atoms with van der Waals surface area (Å²) in [5, 5.41) is 6.58. The fraction of sp³-hybridized carbons (Fsp3) is 0.348. The highest BCUT2D eigenvalue weighted by Gasteiger charge is 2.19. The van der Waals surface area contributed by atoms with Crippen LogP contribution >= 0.6 is 11.3 Å². The summed E-state index contributed by atoms with van der Waals surface area (Å²) < 4.78 is 20.1. The second kappa shape index (κ2) is 9.62. The Bertz CT molecular complexity index is 1170. The number of ether oxygens (including phenoxy) is 1. The van der Waals surface area contributed by atoms with Gasteiger partial charge < -0.3 is 21.1 Å². The molecule has 1 fully saturated rings. The van der Waals surface area contributed by atoms with Gasteiger partial charge in [0.1, 0.15) is 11.6 Å². The van der Waals surface area contributed by atoms with Crippen LogP contribution in [0.2, 0.25) is 0 Å². The van der Waals surface area contributed by atoms with Crippen molar-refractivity contribution in [3.05, 3.63) is 47.0 Å². The first-order valence-electron chi connectivity index (χ1n) is 10.5. The zero-order valence-electron chi connectivity index (χ0n) is 18.4. The Morgan fingerprint density at radius 3 is 3.03 bits per heavy atom. The molecule has 32 heavy (non-hydrogen) atoms. The molecule has 2 unspecified atom stereocenters. The largest absolute Gasteiger partial charge is 0.496 e. The number of methoxy groups -OCH3 is 1. The molecule has 2 aromatic heterocycles. The fourth-order valence-electron chi connectivity index (χ4n) is 3.93. The molecule has 1 aliphatic heterocycles. The number of nitrogens with two attached hydrogens (primary N) is 1. The number of rotatable bonds is 6. The SMILES string of the molecule is COc1cc(F)ccc1-c1c(C)sc2cnc(NC(C=NC3CCNC(C)C3)=CN)nc12. The molecular weight excluding hydrogens is 427 g/mol. The van der Waals surface area contributed by atoms with Crippen LogP contribution in [0, 0.1) is 12.7 Å². The molecule has 1 saturated heterocycles. The second-order valence-corrected chi connectivity index (χ2v) is 9.10. The molecule has 3 aromatic rings. The quantitative estimate of drug-likeness (QED) is 0.482. The van der Waals surface area contributed by atoms with Crippen molar-refractivity contribution in [2.75, 3.05) is 19.0 Å². The number of hydrogen-bond donors (Lipinski definition) is 3. The van der Waals surface area contributed by atoms with E-state index in [-0.39, 0.29) is 11.9 Å². The summed E-state index contributed by atoms with van der Waals surface area (Å²) in [7, 11) is 1.53. The average molecular weight is 455 g/mol. The fourth-order valence-corrected chi connectivity index (χ4v) is 4.92. The first-order chi connectivity index (χ1) is 15.5. The topological polar surface area (TPSA) is 97.5 Å². The van der Waals surface area contributed by atoms with Gasteiger partial charge in [0.15, 0.2) is 0 Å². The monoisotopic (exact) mass is 454 g/mol. The van der Waals surface area contributed by atoms with Crippen molar-refractivity contribution in [1.82, 2.24) is 15.3 Å². The third-order valence-electron chi connectivity index (χ3n) is 5.50.